The Morgan fingerprint density at radius 2 is 1.82 bits per heavy atom. The second-order valence-electron chi connectivity index (χ2n) is 4.85. The lowest BCUT2D eigenvalue weighted by Gasteiger charge is -2.18. The van der Waals surface area contributed by atoms with Gasteiger partial charge in [0.2, 0.25) is 5.91 Å². The zero-order chi connectivity index (χ0) is 16.8. The highest BCUT2D eigenvalue weighted by Gasteiger charge is 2.24. The van der Waals surface area contributed by atoms with Crippen molar-refractivity contribution in [2.75, 3.05) is 5.75 Å². The Morgan fingerprint density at radius 1 is 1.23 bits per heavy atom. The number of carboxylic acid groups (broad SMARTS) is 1. The SMILES string of the molecule is N[C@@H](Cc1ccccc1)C(=O)N[C@@H](CC(=O)O)CS(=O)(=O)O. The van der Waals surface area contributed by atoms with Crippen LogP contribution in [-0.2, 0) is 26.1 Å². The summed E-state index contributed by atoms with van der Waals surface area (Å²) in [7, 11) is -4.42. The normalized spacial score (nSPS) is 14.1. The van der Waals surface area contributed by atoms with Crippen molar-refractivity contribution in [3.8, 4) is 0 Å². The second kappa shape index (κ2) is 7.87. The minimum atomic E-state index is -4.42. The summed E-state index contributed by atoms with van der Waals surface area (Å²) in [5.41, 5.74) is 6.54. The summed E-state index contributed by atoms with van der Waals surface area (Å²) in [6.07, 6.45) is -0.415. The summed E-state index contributed by atoms with van der Waals surface area (Å²) < 4.78 is 30.5. The van der Waals surface area contributed by atoms with Crippen molar-refractivity contribution in [3.63, 3.8) is 0 Å². The number of carbonyl (C=O) groups excluding carboxylic acids is 1. The van der Waals surface area contributed by atoms with Crippen LogP contribution in [0.15, 0.2) is 30.3 Å². The molecule has 0 aromatic heterocycles. The maximum atomic E-state index is 11.9. The number of hydrogen-bond donors (Lipinski definition) is 4. The molecule has 22 heavy (non-hydrogen) atoms. The van der Waals surface area contributed by atoms with Crippen molar-refractivity contribution in [3.05, 3.63) is 35.9 Å². The van der Waals surface area contributed by atoms with Crippen LogP contribution in [0.3, 0.4) is 0 Å². The molecule has 0 aliphatic rings. The van der Waals surface area contributed by atoms with Crippen molar-refractivity contribution < 1.29 is 27.7 Å². The fourth-order valence-electron chi connectivity index (χ4n) is 1.89. The monoisotopic (exact) mass is 330 g/mol. The molecule has 1 aromatic rings. The summed E-state index contributed by atoms with van der Waals surface area (Å²) in [6.45, 7) is 0. The van der Waals surface area contributed by atoms with Crippen molar-refractivity contribution >= 4 is 22.0 Å². The van der Waals surface area contributed by atoms with Crippen LogP contribution in [0.2, 0.25) is 0 Å². The molecule has 122 valence electrons. The number of benzene rings is 1. The molecule has 2 atom stereocenters. The van der Waals surface area contributed by atoms with Crippen LogP contribution in [0.5, 0.6) is 0 Å². The molecule has 0 radical (unpaired) electrons. The molecule has 1 aromatic carbocycles. The summed E-state index contributed by atoms with van der Waals surface area (Å²) in [5, 5.41) is 10.9. The first kappa shape index (κ1) is 18.1. The van der Waals surface area contributed by atoms with Gasteiger partial charge in [-0.1, -0.05) is 30.3 Å². The van der Waals surface area contributed by atoms with Crippen LogP contribution in [0.25, 0.3) is 0 Å². The molecule has 0 saturated carbocycles. The largest absolute Gasteiger partial charge is 0.481 e. The topological polar surface area (TPSA) is 147 Å². The average molecular weight is 330 g/mol. The number of carboxylic acids is 1. The van der Waals surface area contributed by atoms with Crippen LogP contribution < -0.4 is 11.1 Å². The van der Waals surface area contributed by atoms with E-state index in [9.17, 15) is 18.0 Å². The number of carbonyl (C=O) groups is 2. The van der Waals surface area contributed by atoms with E-state index in [0.717, 1.165) is 5.56 Å². The number of hydrogen-bond acceptors (Lipinski definition) is 5. The lowest BCUT2D eigenvalue weighted by molar-refractivity contribution is -0.137. The summed E-state index contributed by atoms with van der Waals surface area (Å²) in [6, 6.07) is 6.73. The fraction of sp³-hybridized carbons (Fsp3) is 0.385. The Kier molecular flexibility index (Phi) is 6.47. The van der Waals surface area contributed by atoms with Gasteiger partial charge in [0.15, 0.2) is 0 Å². The van der Waals surface area contributed by atoms with Crippen LogP contribution in [0, 0.1) is 0 Å². The third kappa shape index (κ3) is 7.16. The molecule has 0 fully saturated rings. The third-order valence-corrected chi connectivity index (χ3v) is 3.64. The van der Waals surface area contributed by atoms with Crippen LogP contribution in [0.1, 0.15) is 12.0 Å². The Balaban J connectivity index is 2.67. The van der Waals surface area contributed by atoms with Gasteiger partial charge in [0.05, 0.1) is 24.3 Å². The molecule has 0 aliphatic carbocycles. The van der Waals surface area contributed by atoms with Gasteiger partial charge in [-0.15, -0.1) is 0 Å². The Labute approximate surface area is 128 Å². The molecular weight excluding hydrogens is 312 g/mol. The predicted molar refractivity (Wildman–Crippen MR) is 78.7 cm³/mol. The zero-order valence-electron chi connectivity index (χ0n) is 11.7. The molecule has 9 heteroatoms. The highest BCUT2D eigenvalue weighted by Crippen LogP contribution is 2.03. The van der Waals surface area contributed by atoms with Crippen molar-refractivity contribution in [1.29, 1.82) is 0 Å². The van der Waals surface area contributed by atoms with Crippen molar-refractivity contribution in [2.45, 2.75) is 24.9 Å². The molecule has 1 rings (SSSR count). The van der Waals surface area contributed by atoms with Gasteiger partial charge in [-0.05, 0) is 12.0 Å². The predicted octanol–water partition coefficient (Wildman–Crippen LogP) is -0.596. The van der Waals surface area contributed by atoms with E-state index < -0.39 is 46.3 Å². The molecule has 0 spiro atoms. The molecule has 0 aliphatic heterocycles. The minimum Gasteiger partial charge on any atom is -0.481 e. The van der Waals surface area contributed by atoms with Gasteiger partial charge < -0.3 is 16.2 Å². The first-order valence-corrected chi connectivity index (χ1v) is 8.05. The van der Waals surface area contributed by atoms with Crippen LogP contribution >= 0.6 is 0 Å². The van der Waals surface area contributed by atoms with Crippen molar-refractivity contribution in [1.82, 2.24) is 5.32 Å². The Hall–Kier alpha value is -1.97. The third-order valence-electron chi connectivity index (χ3n) is 2.81. The average Bonchev–Trinajstić information content (AvgIpc) is 2.36. The minimum absolute atomic E-state index is 0.221. The van der Waals surface area contributed by atoms with Gasteiger partial charge in [-0.25, -0.2) is 0 Å². The molecule has 0 saturated heterocycles. The number of nitrogens with one attached hydrogen (secondary N) is 1. The van der Waals surface area contributed by atoms with E-state index >= 15 is 0 Å². The zero-order valence-corrected chi connectivity index (χ0v) is 12.5. The van der Waals surface area contributed by atoms with E-state index in [-0.39, 0.29) is 6.42 Å². The molecule has 8 nitrogen and oxygen atoms in total. The molecule has 1 amide bonds. The van der Waals surface area contributed by atoms with E-state index in [0.29, 0.717) is 0 Å². The first-order chi connectivity index (χ1) is 10.2. The lowest BCUT2D eigenvalue weighted by atomic mass is 10.1. The molecule has 0 bridgehead atoms. The van der Waals surface area contributed by atoms with E-state index in [1.54, 1.807) is 24.3 Å². The van der Waals surface area contributed by atoms with E-state index in [4.69, 9.17) is 15.4 Å². The van der Waals surface area contributed by atoms with Crippen LogP contribution in [0.4, 0.5) is 0 Å². The van der Waals surface area contributed by atoms with Gasteiger partial charge in [0.25, 0.3) is 10.1 Å². The smallest absolute Gasteiger partial charge is 0.305 e. The van der Waals surface area contributed by atoms with Gasteiger partial charge in [-0.2, -0.15) is 8.42 Å². The highest BCUT2D eigenvalue weighted by atomic mass is 32.2. The van der Waals surface area contributed by atoms with E-state index in [1.165, 1.54) is 0 Å². The van der Waals surface area contributed by atoms with E-state index in [1.807, 2.05) is 6.07 Å². The number of aliphatic carboxylic acids is 1. The number of rotatable bonds is 8. The maximum absolute atomic E-state index is 11.9. The summed E-state index contributed by atoms with van der Waals surface area (Å²) in [4.78, 5) is 22.6. The van der Waals surface area contributed by atoms with Gasteiger partial charge in [0.1, 0.15) is 0 Å². The summed E-state index contributed by atoms with van der Waals surface area (Å²) in [5.74, 6) is -2.87. The molecular formula is C13H18N2O6S. The second-order valence-corrected chi connectivity index (χ2v) is 6.35. The van der Waals surface area contributed by atoms with Crippen LogP contribution in [-0.4, -0.2) is 47.8 Å². The highest BCUT2D eigenvalue weighted by molar-refractivity contribution is 7.85. The first-order valence-electron chi connectivity index (χ1n) is 6.44. The fourth-order valence-corrected chi connectivity index (χ4v) is 2.60. The van der Waals surface area contributed by atoms with E-state index in [2.05, 4.69) is 5.32 Å². The standard InChI is InChI=1S/C13H18N2O6S/c14-11(6-9-4-2-1-3-5-9)13(18)15-10(7-12(16)17)8-22(19,20)21/h1-5,10-11H,6-8,14H2,(H,15,18)(H,16,17)(H,19,20,21)/t10-,11-/m0/s1. The summed E-state index contributed by atoms with van der Waals surface area (Å²) >= 11 is 0. The lowest BCUT2D eigenvalue weighted by Crippen LogP contribution is -2.49. The van der Waals surface area contributed by atoms with Gasteiger partial charge in [-0.3, -0.25) is 14.1 Å². The Morgan fingerprint density at radius 3 is 2.32 bits per heavy atom. The molecule has 0 heterocycles. The maximum Gasteiger partial charge on any atom is 0.305 e. The Bertz CT molecular complexity index is 617. The number of amides is 1. The molecule has 0 unspecified atom stereocenters. The van der Waals surface area contributed by atoms with Gasteiger partial charge >= 0.3 is 5.97 Å². The number of nitrogens with two attached hydrogens (primary N) is 1. The molecule has 5 N–H and O–H groups in total. The van der Waals surface area contributed by atoms with Crippen molar-refractivity contribution in [2.24, 2.45) is 5.73 Å². The van der Waals surface area contributed by atoms with Gasteiger partial charge in [0, 0.05) is 0 Å². The quantitative estimate of drug-likeness (QED) is 0.465.